The number of nitrogens with one attached hydrogen (secondary N) is 1. The summed E-state index contributed by atoms with van der Waals surface area (Å²) >= 11 is 0. The van der Waals surface area contributed by atoms with E-state index in [4.69, 9.17) is 18.9 Å². The Labute approximate surface area is 182 Å². The van der Waals surface area contributed by atoms with E-state index in [0.29, 0.717) is 31.9 Å². The van der Waals surface area contributed by atoms with Crippen LogP contribution in [0.2, 0.25) is 0 Å². The fourth-order valence-corrected chi connectivity index (χ4v) is 4.45. The molecule has 1 amide bonds. The Hall–Kier alpha value is -2.93. The maximum Gasteiger partial charge on any atom is 0.231 e. The van der Waals surface area contributed by atoms with E-state index in [0.717, 1.165) is 41.5 Å². The Morgan fingerprint density at radius 1 is 0.839 bits per heavy atom. The smallest absolute Gasteiger partial charge is 0.231 e. The van der Waals surface area contributed by atoms with Gasteiger partial charge in [-0.15, -0.1) is 0 Å². The monoisotopic (exact) mass is 425 g/mol. The number of fused-ring (bicyclic) bond motifs is 2. The SMILES string of the molecule is O=C(Cc1ccc2c(c1)OCO2)N(CC[NH+]1CCCC1)Cc1ccc2c(c1)OCCO2. The third-order valence-corrected chi connectivity index (χ3v) is 6.17. The summed E-state index contributed by atoms with van der Waals surface area (Å²) in [6.45, 7) is 6.06. The number of carbonyl (C=O) groups excluding carboxylic acids is 1. The molecule has 0 aromatic heterocycles. The minimum Gasteiger partial charge on any atom is -0.486 e. The van der Waals surface area contributed by atoms with E-state index in [1.807, 2.05) is 41.3 Å². The van der Waals surface area contributed by atoms with E-state index in [9.17, 15) is 4.79 Å². The van der Waals surface area contributed by atoms with Gasteiger partial charge in [-0.2, -0.15) is 0 Å². The fraction of sp³-hybridized carbons (Fsp3) is 0.458. The number of ether oxygens (including phenoxy) is 4. The Balaban J connectivity index is 1.30. The van der Waals surface area contributed by atoms with Crippen LogP contribution < -0.4 is 23.8 Å². The topological polar surface area (TPSA) is 61.7 Å². The minimum absolute atomic E-state index is 0.118. The molecule has 2 aromatic carbocycles. The minimum atomic E-state index is 0.118. The number of benzene rings is 2. The van der Waals surface area contributed by atoms with Gasteiger partial charge in [0.1, 0.15) is 13.2 Å². The zero-order chi connectivity index (χ0) is 21.0. The maximum absolute atomic E-state index is 13.3. The van der Waals surface area contributed by atoms with Gasteiger partial charge in [-0.3, -0.25) is 4.79 Å². The van der Waals surface area contributed by atoms with Gasteiger partial charge >= 0.3 is 0 Å². The highest BCUT2D eigenvalue weighted by molar-refractivity contribution is 5.79. The molecule has 31 heavy (non-hydrogen) atoms. The number of hydrogen-bond donors (Lipinski definition) is 1. The van der Waals surface area contributed by atoms with Crippen LogP contribution in [0.4, 0.5) is 0 Å². The summed E-state index contributed by atoms with van der Waals surface area (Å²) in [6, 6.07) is 11.7. The predicted octanol–water partition coefficient (Wildman–Crippen LogP) is 1.44. The highest BCUT2D eigenvalue weighted by Crippen LogP contribution is 2.33. The first-order chi connectivity index (χ1) is 15.2. The standard InChI is InChI=1S/C24H28N2O5/c27-24(15-18-3-5-21-23(13-18)31-17-30-21)26(10-9-25-7-1-2-8-25)16-19-4-6-20-22(14-19)29-12-11-28-20/h3-6,13-14H,1-2,7-12,15-17H2/p+1. The van der Waals surface area contributed by atoms with Crippen molar-refractivity contribution in [3.63, 3.8) is 0 Å². The van der Waals surface area contributed by atoms with Crippen molar-refractivity contribution in [2.75, 3.05) is 46.2 Å². The average molecular weight is 426 g/mol. The van der Waals surface area contributed by atoms with Gasteiger partial charge in [0.15, 0.2) is 23.0 Å². The summed E-state index contributed by atoms with van der Waals surface area (Å²) in [5, 5.41) is 0. The molecule has 7 nitrogen and oxygen atoms in total. The summed E-state index contributed by atoms with van der Waals surface area (Å²) in [7, 11) is 0. The normalized spacial score (nSPS) is 17.0. The van der Waals surface area contributed by atoms with Gasteiger partial charge < -0.3 is 28.7 Å². The van der Waals surface area contributed by atoms with Gasteiger partial charge in [0.25, 0.3) is 0 Å². The molecule has 3 aliphatic heterocycles. The lowest BCUT2D eigenvalue weighted by Gasteiger charge is -2.25. The van der Waals surface area contributed by atoms with Crippen LogP contribution in [-0.2, 0) is 17.8 Å². The van der Waals surface area contributed by atoms with E-state index in [-0.39, 0.29) is 12.7 Å². The molecule has 164 valence electrons. The summed E-state index contributed by atoms with van der Waals surface area (Å²) < 4.78 is 22.2. The highest BCUT2D eigenvalue weighted by atomic mass is 16.7. The lowest BCUT2D eigenvalue weighted by Crippen LogP contribution is -3.10. The van der Waals surface area contributed by atoms with Crippen molar-refractivity contribution in [2.24, 2.45) is 0 Å². The molecule has 1 fully saturated rings. The first-order valence-electron chi connectivity index (χ1n) is 11.1. The number of hydrogen-bond acceptors (Lipinski definition) is 5. The van der Waals surface area contributed by atoms with E-state index >= 15 is 0 Å². The molecular formula is C24H29N2O5+. The first-order valence-corrected chi connectivity index (χ1v) is 11.1. The quantitative estimate of drug-likeness (QED) is 0.728. The number of amides is 1. The van der Waals surface area contributed by atoms with Gasteiger partial charge in [0.05, 0.1) is 32.6 Å². The zero-order valence-corrected chi connectivity index (χ0v) is 17.7. The van der Waals surface area contributed by atoms with Crippen molar-refractivity contribution in [1.82, 2.24) is 4.90 Å². The van der Waals surface area contributed by atoms with Crippen molar-refractivity contribution in [3.05, 3.63) is 47.5 Å². The highest BCUT2D eigenvalue weighted by Gasteiger charge is 2.22. The second-order valence-corrected chi connectivity index (χ2v) is 8.36. The molecule has 3 heterocycles. The van der Waals surface area contributed by atoms with Crippen molar-refractivity contribution in [3.8, 4) is 23.0 Å². The van der Waals surface area contributed by atoms with Crippen LogP contribution in [0.25, 0.3) is 0 Å². The van der Waals surface area contributed by atoms with E-state index < -0.39 is 0 Å². The Bertz CT molecular complexity index is 942. The molecule has 1 N–H and O–H groups in total. The third-order valence-electron chi connectivity index (χ3n) is 6.17. The summed E-state index contributed by atoms with van der Waals surface area (Å²) in [6.07, 6.45) is 2.90. The molecule has 7 heteroatoms. The van der Waals surface area contributed by atoms with Gasteiger partial charge in [0.2, 0.25) is 12.7 Å². The molecule has 0 atom stereocenters. The Morgan fingerprint density at radius 3 is 2.32 bits per heavy atom. The van der Waals surface area contributed by atoms with Crippen LogP contribution in [0, 0.1) is 0 Å². The molecule has 0 spiro atoms. The molecule has 3 aliphatic rings. The molecular weight excluding hydrogens is 396 g/mol. The first kappa shape index (κ1) is 20.0. The predicted molar refractivity (Wildman–Crippen MR) is 114 cm³/mol. The van der Waals surface area contributed by atoms with Crippen LogP contribution in [0.1, 0.15) is 24.0 Å². The lowest BCUT2D eigenvalue weighted by atomic mass is 10.1. The molecule has 0 aliphatic carbocycles. The van der Waals surface area contributed by atoms with Crippen molar-refractivity contribution < 1.29 is 28.6 Å². The van der Waals surface area contributed by atoms with Crippen LogP contribution in [0.5, 0.6) is 23.0 Å². The lowest BCUT2D eigenvalue weighted by molar-refractivity contribution is -0.886. The Kier molecular flexibility index (Phi) is 5.84. The average Bonchev–Trinajstić information content (AvgIpc) is 3.48. The fourth-order valence-electron chi connectivity index (χ4n) is 4.45. The number of likely N-dealkylation sites (tertiary alicyclic amines) is 1. The summed E-state index contributed by atoms with van der Waals surface area (Å²) in [5.41, 5.74) is 2.00. The summed E-state index contributed by atoms with van der Waals surface area (Å²) in [4.78, 5) is 16.9. The summed E-state index contributed by atoms with van der Waals surface area (Å²) in [5.74, 6) is 3.10. The van der Waals surface area contributed by atoms with Crippen molar-refractivity contribution in [2.45, 2.75) is 25.8 Å². The number of carbonyl (C=O) groups is 1. The second kappa shape index (κ2) is 9.06. The largest absolute Gasteiger partial charge is 0.486 e. The second-order valence-electron chi connectivity index (χ2n) is 8.36. The van der Waals surface area contributed by atoms with Crippen molar-refractivity contribution >= 4 is 5.91 Å². The van der Waals surface area contributed by atoms with Gasteiger partial charge in [-0.25, -0.2) is 0 Å². The molecule has 0 unspecified atom stereocenters. The van der Waals surface area contributed by atoms with Crippen LogP contribution in [0.3, 0.4) is 0 Å². The van der Waals surface area contributed by atoms with Crippen LogP contribution in [-0.4, -0.2) is 57.0 Å². The number of rotatable bonds is 7. The molecule has 1 saturated heterocycles. The molecule has 0 bridgehead atoms. The Morgan fingerprint density at radius 2 is 1.48 bits per heavy atom. The molecule has 0 saturated carbocycles. The maximum atomic E-state index is 13.3. The number of nitrogens with zero attached hydrogens (tertiary/aromatic N) is 1. The third kappa shape index (κ3) is 4.71. The van der Waals surface area contributed by atoms with E-state index in [2.05, 4.69) is 0 Å². The van der Waals surface area contributed by atoms with Gasteiger partial charge in [-0.1, -0.05) is 12.1 Å². The van der Waals surface area contributed by atoms with Crippen LogP contribution in [0.15, 0.2) is 36.4 Å². The number of quaternary nitrogens is 1. The van der Waals surface area contributed by atoms with Gasteiger partial charge in [-0.05, 0) is 35.4 Å². The van der Waals surface area contributed by atoms with E-state index in [1.54, 1.807) is 4.90 Å². The molecule has 0 radical (unpaired) electrons. The van der Waals surface area contributed by atoms with Crippen molar-refractivity contribution in [1.29, 1.82) is 0 Å². The van der Waals surface area contributed by atoms with E-state index in [1.165, 1.54) is 25.9 Å². The van der Waals surface area contributed by atoms with Gasteiger partial charge in [0, 0.05) is 19.4 Å². The zero-order valence-electron chi connectivity index (χ0n) is 17.7. The molecule has 2 aromatic rings. The molecule has 5 rings (SSSR count). The van der Waals surface area contributed by atoms with Crippen LogP contribution >= 0.6 is 0 Å².